The molecule has 4 aromatic carbocycles. The molecular weight excluding hydrogens is 643 g/mol. The number of benzene rings is 4. The zero-order chi connectivity index (χ0) is 32.9. The first-order chi connectivity index (χ1) is 24.2. The number of hydrogen-bond acceptors (Lipinski definition) is 2. The molecule has 8 bridgehead atoms. The molecule has 2 aliphatic rings. The zero-order valence-corrected chi connectivity index (χ0v) is 27.7. The molecule has 0 aliphatic carbocycles. The van der Waals surface area contributed by atoms with Gasteiger partial charge in [-0.3, -0.25) is 0 Å². The van der Waals surface area contributed by atoms with Crippen LogP contribution in [0.15, 0.2) is 170 Å². The molecule has 4 nitrogen and oxygen atoms in total. The molecule has 0 unspecified atom stereocenters. The summed E-state index contributed by atoms with van der Waals surface area (Å²) in [6.45, 7) is 0. The van der Waals surface area contributed by atoms with Crippen molar-refractivity contribution < 1.29 is 12.6 Å². The van der Waals surface area contributed by atoms with E-state index in [2.05, 4.69) is 166 Å². The molecule has 0 radical (unpaired) electrons. The predicted octanol–water partition coefficient (Wildman–Crippen LogP) is 8.10. The average Bonchev–Trinajstić information content (AvgIpc) is 3.98. The summed E-state index contributed by atoms with van der Waals surface area (Å²) < 4.78 is 5.54. The molecule has 2 N–H and O–H groups in total. The van der Waals surface area contributed by atoms with Gasteiger partial charge in [0.05, 0.1) is 22.8 Å². The number of nitrogens with one attached hydrogen (secondary N) is 2. The van der Waals surface area contributed by atoms with Crippen LogP contribution in [0, 0.1) is 0 Å². The molecule has 7 aromatic rings. The Hall–Kier alpha value is -6.01. The van der Waals surface area contributed by atoms with E-state index >= 15 is 0 Å². The summed E-state index contributed by atoms with van der Waals surface area (Å²) in [5, 5.41) is 0. The van der Waals surface area contributed by atoms with Gasteiger partial charge in [0, 0.05) is 22.1 Å². The Morgan fingerprint density at radius 2 is 0.551 bits per heavy atom. The van der Waals surface area contributed by atoms with Crippen LogP contribution in [0.2, 0.25) is 0 Å². The van der Waals surface area contributed by atoms with E-state index in [1.54, 1.807) is 0 Å². The van der Waals surface area contributed by atoms with Gasteiger partial charge in [-0.25, -0.2) is 9.97 Å². The number of fused-ring (bicyclic) bond motifs is 8. The minimum atomic E-state index is -1.88. The van der Waals surface area contributed by atoms with Crippen molar-refractivity contribution >= 4 is 64.4 Å². The van der Waals surface area contributed by atoms with E-state index in [-0.39, 0.29) is 0 Å². The fraction of sp³-hybridized carbons (Fsp3) is 0. The predicted molar refractivity (Wildman–Crippen MR) is 203 cm³/mol. The number of hydrogen-bond donors (Lipinski definition) is 2. The topological polar surface area (TPSA) is 57.4 Å². The molecule has 239 valence electrons. The van der Waals surface area contributed by atoms with Gasteiger partial charge in [-0.05, 0) is 72.8 Å². The van der Waals surface area contributed by atoms with E-state index in [1.807, 2.05) is 48.6 Å². The quantitative estimate of drug-likeness (QED) is 0.198. The van der Waals surface area contributed by atoms with Gasteiger partial charge in [0.15, 0.2) is 0 Å². The van der Waals surface area contributed by atoms with Crippen molar-refractivity contribution in [2.24, 2.45) is 0 Å². The second kappa shape index (κ2) is 13.6. The van der Waals surface area contributed by atoms with Gasteiger partial charge in [-0.15, -0.1) is 0 Å². The zero-order valence-electron chi connectivity index (χ0n) is 26.7. The van der Waals surface area contributed by atoms with Gasteiger partial charge >= 0.3 is 152 Å². The third kappa shape index (κ3) is 6.45. The van der Waals surface area contributed by atoms with Gasteiger partial charge in [0.25, 0.3) is 0 Å². The SMILES string of the molecule is C1=Cc2cc3ccc(cc4nc(cc5ccc(cc1n2)[nH]5)C=C4)[nH]3.c1cc[c]([Co]([c]2ccccc2)([c]2ccccc2)[c]2ccccc2)cc1. The molecule has 0 spiro atoms. The first kappa shape index (κ1) is 30.3. The molecule has 0 amide bonds. The Labute approximate surface area is 288 Å². The summed E-state index contributed by atoms with van der Waals surface area (Å²) in [6, 6.07) is 60.2. The van der Waals surface area contributed by atoms with Gasteiger partial charge in [0.1, 0.15) is 0 Å². The molecule has 9 rings (SSSR count). The molecule has 0 saturated carbocycles. The Morgan fingerprint density at radius 3 is 0.796 bits per heavy atom. The van der Waals surface area contributed by atoms with Gasteiger partial charge in [0.2, 0.25) is 0 Å². The summed E-state index contributed by atoms with van der Waals surface area (Å²) in [5.41, 5.74) is 7.86. The summed E-state index contributed by atoms with van der Waals surface area (Å²) in [5.74, 6) is 0. The van der Waals surface area contributed by atoms with Crippen molar-refractivity contribution in [2.75, 3.05) is 0 Å². The standard InChI is InChI=1S/C20H14N4.4C6H5.Co/c1-2-14-10-16-5-6-18(23-16)12-20-8-7-19(24-20)11-17-4-3-15(22-17)9-13(1)21-14;4*1-2-4-6-5-3-1;/h1-12,21,24H;4*1-5H;. The third-order valence-electron chi connectivity index (χ3n) is 8.07. The van der Waals surface area contributed by atoms with E-state index in [4.69, 9.17) is 0 Å². The molecule has 0 saturated heterocycles. The monoisotopic (exact) mass is 677 g/mol. The van der Waals surface area contributed by atoms with Crippen molar-refractivity contribution in [3.8, 4) is 0 Å². The fourth-order valence-corrected chi connectivity index (χ4v) is 10.9. The maximum atomic E-state index is 4.63. The third-order valence-corrected chi connectivity index (χ3v) is 13.1. The first-order valence-corrected chi connectivity index (χ1v) is 18.2. The molecule has 49 heavy (non-hydrogen) atoms. The molecule has 0 atom stereocenters. The number of aromatic amines is 2. The van der Waals surface area contributed by atoms with Crippen LogP contribution in [0.4, 0.5) is 0 Å². The Bertz CT molecular complexity index is 2090. The van der Waals surface area contributed by atoms with Gasteiger partial charge in [-0.1, -0.05) is 0 Å². The van der Waals surface area contributed by atoms with E-state index in [1.165, 1.54) is 18.0 Å². The van der Waals surface area contributed by atoms with Crippen molar-refractivity contribution in [2.45, 2.75) is 0 Å². The van der Waals surface area contributed by atoms with E-state index < -0.39 is 12.6 Å². The Balaban J connectivity index is 0.000000142. The molecule has 0 fully saturated rings. The minimum absolute atomic E-state index is 0.939. The molecule has 5 heteroatoms. The van der Waals surface area contributed by atoms with Crippen LogP contribution in [0.3, 0.4) is 0 Å². The van der Waals surface area contributed by atoms with Crippen LogP contribution in [-0.2, 0) is 12.6 Å². The maximum absolute atomic E-state index is 4.63. The molecular formula is C44H34CoN4. The van der Waals surface area contributed by atoms with E-state index in [0.29, 0.717) is 0 Å². The second-order valence-corrected chi connectivity index (χ2v) is 15.5. The van der Waals surface area contributed by atoms with Crippen LogP contribution in [0.5, 0.6) is 0 Å². The number of H-pyrrole nitrogens is 2. The van der Waals surface area contributed by atoms with E-state index in [9.17, 15) is 0 Å². The first-order valence-electron chi connectivity index (χ1n) is 16.2. The summed E-state index contributed by atoms with van der Waals surface area (Å²) in [6.07, 6.45) is 8.09. The van der Waals surface area contributed by atoms with Crippen molar-refractivity contribution in [1.82, 2.24) is 19.9 Å². The van der Waals surface area contributed by atoms with Crippen LogP contribution < -0.4 is 18.0 Å². The van der Waals surface area contributed by atoms with Crippen molar-refractivity contribution in [3.63, 3.8) is 0 Å². The Morgan fingerprint density at radius 1 is 0.306 bits per heavy atom. The molecule has 3 aromatic heterocycles. The summed E-state index contributed by atoms with van der Waals surface area (Å²) in [4.78, 5) is 16.0. The fourth-order valence-electron chi connectivity index (χ4n) is 5.90. The van der Waals surface area contributed by atoms with Crippen LogP contribution in [-0.4, -0.2) is 19.9 Å². The summed E-state index contributed by atoms with van der Waals surface area (Å²) >= 11 is -1.88. The molecule has 5 heterocycles. The van der Waals surface area contributed by atoms with Crippen LogP contribution in [0.25, 0.3) is 46.4 Å². The van der Waals surface area contributed by atoms with Crippen LogP contribution >= 0.6 is 0 Å². The van der Waals surface area contributed by atoms with E-state index in [0.717, 1.165) is 44.8 Å². The van der Waals surface area contributed by atoms with Crippen LogP contribution in [0.1, 0.15) is 22.8 Å². The van der Waals surface area contributed by atoms with Crippen molar-refractivity contribution in [3.05, 3.63) is 193 Å². The second-order valence-electron chi connectivity index (χ2n) is 11.5. The average molecular weight is 678 g/mol. The summed E-state index contributed by atoms with van der Waals surface area (Å²) in [7, 11) is 0. The molecule has 2 aliphatic heterocycles. The van der Waals surface area contributed by atoms with Gasteiger partial charge in [-0.2, -0.15) is 0 Å². The van der Waals surface area contributed by atoms with Gasteiger partial charge < -0.3 is 9.97 Å². The number of rotatable bonds is 4. The number of aromatic nitrogens is 4. The van der Waals surface area contributed by atoms with Crippen molar-refractivity contribution in [1.29, 1.82) is 0 Å². The Kier molecular flexibility index (Phi) is 8.42. The normalized spacial score (nSPS) is 12.2. The number of nitrogens with zero attached hydrogens (tertiary/aromatic N) is 2.